The number of ether oxygens (including phenoxy) is 1. The van der Waals surface area contributed by atoms with Crippen LogP contribution in [0, 0.1) is 5.82 Å². The molecule has 3 aromatic carbocycles. The van der Waals surface area contributed by atoms with E-state index in [1.54, 1.807) is 24.3 Å². The molecular formula is C24H16Cl2FNO4. The number of carbonyl (C=O) groups excluding carboxylic acids is 2. The Morgan fingerprint density at radius 1 is 1.00 bits per heavy atom. The summed E-state index contributed by atoms with van der Waals surface area (Å²) in [5.41, 5.74) is 0.891. The molecule has 1 fully saturated rings. The van der Waals surface area contributed by atoms with Gasteiger partial charge in [0.05, 0.1) is 28.8 Å². The number of hydrogen-bond acceptors (Lipinski definition) is 4. The number of aliphatic hydroxyl groups excluding tert-OH is 1. The Bertz CT molecular complexity index is 1260. The van der Waals surface area contributed by atoms with Crippen LogP contribution in [-0.2, 0) is 9.59 Å². The van der Waals surface area contributed by atoms with Gasteiger partial charge in [0.2, 0.25) is 0 Å². The van der Waals surface area contributed by atoms with Gasteiger partial charge in [-0.25, -0.2) is 4.39 Å². The van der Waals surface area contributed by atoms with Gasteiger partial charge in [-0.1, -0.05) is 41.4 Å². The fourth-order valence-corrected chi connectivity index (χ4v) is 3.92. The van der Waals surface area contributed by atoms with Crippen LogP contribution in [0.4, 0.5) is 10.1 Å². The SMILES string of the molecule is COc1cccc(N2C(=O)C(=O)/C(=C(/O)c3ccc(Cl)c(Cl)c3)C2c2ccc(F)cc2)c1. The van der Waals surface area contributed by atoms with Gasteiger partial charge in [0, 0.05) is 17.3 Å². The molecule has 0 aromatic heterocycles. The highest BCUT2D eigenvalue weighted by molar-refractivity contribution is 6.51. The van der Waals surface area contributed by atoms with Gasteiger partial charge in [0.25, 0.3) is 11.7 Å². The maximum Gasteiger partial charge on any atom is 0.300 e. The Labute approximate surface area is 193 Å². The van der Waals surface area contributed by atoms with Crippen molar-refractivity contribution in [1.29, 1.82) is 0 Å². The highest BCUT2D eigenvalue weighted by atomic mass is 35.5. The molecule has 3 aromatic rings. The van der Waals surface area contributed by atoms with E-state index in [4.69, 9.17) is 27.9 Å². The van der Waals surface area contributed by atoms with Crippen molar-refractivity contribution >= 4 is 46.3 Å². The zero-order valence-electron chi connectivity index (χ0n) is 16.7. The van der Waals surface area contributed by atoms with Gasteiger partial charge in [0.1, 0.15) is 17.3 Å². The van der Waals surface area contributed by atoms with Gasteiger partial charge < -0.3 is 9.84 Å². The number of Topliss-reactive ketones (excluding diaryl/α,β-unsaturated/α-hetero) is 1. The van der Waals surface area contributed by atoms with Crippen molar-refractivity contribution in [3.05, 3.63) is 99.3 Å². The molecule has 1 unspecified atom stereocenters. The first-order valence-electron chi connectivity index (χ1n) is 9.47. The van der Waals surface area contributed by atoms with Crippen molar-refractivity contribution in [2.45, 2.75) is 6.04 Å². The number of aliphatic hydroxyl groups is 1. The first-order chi connectivity index (χ1) is 15.3. The van der Waals surface area contributed by atoms with Gasteiger partial charge in [0.15, 0.2) is 0 Å². The fourth-order valence-electron chi connectivity index (χ4n) is 3.62. The van der Waals surface area contributed by atoms with E-state index >= 15 is 0 Å². The Morgan fingerprint density at radius 2 is 1.72 bits per heavy atom. The van der Waals surface area contributed by atoms with E-state index < -0.39 is 29.3 Å². The zero-order chi connectivity index (χ0) is 23.0. The molecule has 1 atom stereocenters. The van der Waals surface area contributed by atoms with Crippen LogP contribution in [-0.4, -0.2) is 23.9 Å². The van der Waals surface area contributed by atoms with Crippen LogP contribution in [0.3, 0.4) is 0 Å². The third kappa shape index (κ3) is 3.83. The van der Waals surface area contributed by atoms with E-state index in [2.05, 4.69) is 0 Å². The minimum Gasteiger partial charge on any atom is -0.507 e. The van der Waals surface area contributed by atoms with Gasteiger partial charge >= 0.3 is 0 Å². The molecule has 1 amide bonds. The third-order valence-corrected chi connectivity index (χ3v) is 5.89. The summed E-state index contributed by atoms with van der Waals surface area (Å²) in [6, 6.07) is 15.3. The summed E-state index contributed by atoms with van der Waals surface area (Å²) in [4.78, 5) is 27.4. The lowest BCUT2D eigenvalue weighted by molar-refractivity contribution is -0.132. The number of hydrogen-bond donors (Lipinski definition) is 1. The van der Waals surface area contributed by atoms with Crippen molar-refractivity contribution in [3.8, 4) is 5.75 Å². The van der Waals surface area contributed by atoms with E-state index in [9.17, 15) is 19.1 Å². The Hall–Kier alpha value is -3.35. The topological polar surface area (TPSA) is 66.8 Å². The van der Waals surface area contributed by atoms with Gasteiger partial charge in [-0.2, -0.15) is 0 Å². The summed E-state index contributed by atoms with van der Waals surface area (Å²) >= 11 is 12.0. The van der Waals surface area contributed by atoms with Crippen molar-refractivity contribution in [3.63, 3.8) is 0 Å². The van der Waals surface area contributed by atoms with E-state index in [-0.39, 0.29) is 21.2 Å². The Morgan fingerprint density at radius 3 is 2.38 bits per heavy atom. The van der Waals surface area contributed by atoms with Crippen molar-refractivity contribution < 1.29 is 23.8 Å². The molecule has 0 radical (unpaired) electrons. The highest BCUT2D eigenvalue weighted by Gasteiger charge is 2.47. The average Bonchev–Trinajstić information content (AvgIpc) is 3.06. The predicted molar refractivity (Wildman–Crippen MR) is 121 cm³/mol. The quantitative estimate of drug-likeness (QED) is 0.298. The van der Waals surface area contributed by atoms with Crippen molar-refractivity contribution in [2.24, 2.45) is 0 Å². The number of halogens is 3. The lowest BCUT2D eigenvalue weighted by Gasteiger charge is -2.25. The van der Waals surface area contributed by atoms with Crippen LogP contribution in [0.1, 0.15) is 17.2 Å². The lowest BCUT2D eigenvalue weighted by Crippen LogP contribution is -2.29. The Balaban J connectivity index is 1.95. The molecule has 1 aliphatic rings. The number of amides is 1. The normalized spacial score (nSPS) is 17.6. The molecule has 1 N–H and O–H groups in total. The molecule has 5 nitrogen and oxygen atoms in total. The number of methoxy groups -OCH3 is 1. The number of nitrogens with zero attached hydrogens (tertiary/aromatic N) is 1. The molecule has 0 saturated carbocycles. The second-order valence-corrected chi connectivity index (χ2v) is 7.87. The fraction of sp³-hybridized carbons (Fsp3) is 0.0833. The van der Waals surface area contributed by atoms with E-state index in [1.807, 2.05) is 0 Å². The summed E-state index contributed by atoms with van der Waals surface area (Å²) in [5, 5.41) is 11.5. The van der Waals surface area contributed by atoms with Crippen LogP contribution in [0.15, 0.2) is 72.3 Å². The number of carbonyl (C=O) groups is 2. The Kier molecular flexibility index (Phi) is 5.91. The predicted octanol–water partition coefficient (Wildman–Crippen LogP) is 5.77. The average molecular weight is 472 g/mol. The molecule has 4 rings (SSSR count). The van der Waals surface area contributed by atoms with Crippen LogP contribution < -0.4 is 9.64 Å². The molecule has 162 valence electrons. The lowest BCUT2D eigenvalue weighted by atomic mass is 9.95. The van der Waals surface area contributed by atoms with Crippen LogP contribution in [0.2, 0.25) is 10.0 Å². The summed E-state index contributed by atoms with van der Waals surface area (Å²) in [7, 11) is 1.48. The first-order valence-corrected chi connectivity index (χ1v) is 10.2. The molecule has 8 heteroatoms. The van der Waals surface area contributed by atoms with Crippen LogP contribution in [0.5, 0.6) is 5.75 Å². The highest BCUT2D eigenvalue weighted by Crippen LogP contribution is 2.43. The number of ketones is 1. The smallest absolute Gasteiger partial charge is 0.300 e. The molecule has 1 saturated heterocycles. The maximum atomic E-state index is 13.6. The van der Waals surface area contributed by atoms with Gasteiger partial charge in [-0.3, -0.25) is 14.5 Å². The monoisotopic (exact) mass is 471 g/mol. The minimum atomic E-state index is -1.00. The summed E-state index contributed by atoms with van der Waals surface area (Å²) < 4.78 is 18.8. The number of anilines is 1. The number of benzene rings is 3. The van der Waals surface area contributed by atoms with Gasteiger partial charge in [-0.15, -0.1) is 0 Å². The van der Waals surface area contributed by atoms with E-state index in [0.717, 1.165) is 0 Å². The van der Waals surface area contributed by atoms with Crippen molar-refractivity contribution in [2.75, 3.05) is 12.0 Å². The van der Waals surface area contributed by atoms with Crippen LogP contribution in [0.25, 0.3) is 5.76 Å². The molecule has 0 bridgehead atoms. The minimum absolute atomic E-state index is 0.150. The maximum absolute atomic E-state index is 13.6. The van der Waals surface area contributed by atoms with Crippen molar-refractivity contribution in [1.82, 2.24) is 0 Å². The molecule has 32 heavy (non-hydrogen) atoms. The summed E-state index contributed by atoms with van der Waals surface area (Å²) in [5.74, 6) is -2.13. The second-order valence-electron chi connectivity index (χ2n) is 7.05. The van der Waals surface area contributed by atoms with E-state index in [1.165, 1.54) is 54.5 Å². The third-order valence-electron chi connectivity index (χ3n) is 5.15. The summed E-state index contributed by atoms with van der Waals surface area (Å²) in [6.07, 6.45) is 0. The first kappa shape index (κ1) is 21.9. The zero-order valence-corrected chi connectivity index (χ0v) is 18.2. The molecule has 0 spiro atoms. The molecular weight excluding hydrogens is 456 g/mol. The molecule has 1 aliphatic heterocycles. The second kappa shape index (κ2) is 8.65. The largest absolute Gasteiger partial charge is 0.507 e. The van der Waals surface area contributed by atoms with E-state index in [0.29, 0.717) is 17.0 Å². The standard InChI is InChI=1S/C24H16Cl2FNO4/c1-32-17-4-2-3-16(12-17)28-21(13-5-8-15(27)9-6-13)20(23(30)24(28)31)22(29)14-7-10-18(25)19(26)11-14/h2-12,21,29H,1H3/b22-20+. The summed E-state index contributed by atoms with van der Waals surface area (Å²) in [6.45, 7) is 0. The number of rotatable bonds is 4. The molecule has 0 aliphatic carbocycles. The molecule has 1 heterocycles. The van der Waals surface area contributed by atoms with Crippen LogP contribution >= 0.6 is 23.2 Å². The van der Waals surface area contributed by atoms with Gasteiger partial charge in [-0.05, 0) is 48.0 Å².